The zero-order valence-electron chi connectivity index (χ0n) is 16.7. The predicted octanol–water partition coefficient (Wildman–Crippen LogP) is 2.45. The van der Waals surface area contributed by atoms with Gasteiger partial charge in [0.25, 0.3) is 5.91 Å². The minimum Gasteiger partial charge on any atom is -0.489 e. The summed E-state index contributed by atoms with van der Waals surface area (Å²) in [4.78, 5) is 15.9. The number of hydrogen-bond donors (Lipinski definition) is 4. The quantitative estimate of drug-likeness (QED) is 0.503. The minimum absolute atomic E-state index is 0.0148. The zero-order chi connectivity index (χ0) is 22.5. The average Bonchev–Trinajstić information content (AvgIpc) is 2.68. The lowest BCUT2D eigenvalue weighted by molar-refractivity contribution is -0.142. The summed E-state index contributed by atoms with van der Waals surface area (Å²) in [6, 6.07) is 2.65. The normalized spacial score (nSPS) is 16.1. The molecule has 2 rings (SSSR count). The third kappa shape index (κ3) is 5.69. The van der Waals surface area contributed by atoms with Crippen LogP contribution < -0.4 is 10.6 Å². The van der Waals surface area contributed by atoms with Gasteiger partial charge in [-0.3, -0.25) is 9.78 Å². The number of rotatable bonds is 7. The highest BCUT2D eigenvalue weighted by molar-refractivity contribution is 6.14. The Bertz CT molecular complexity index is 918. The number of amides is 1. The van der Waals surface area contributed by atoms with Gasteiger partial charge in [0.15, 0.2) is 5.69 Å². The number of alkyl halides is 3. The first-order valence-corrected chi connectivity index (χ1v) is 8.96. The van der Waals surface area contributed by atoms with Crippen LogP contribution in [0.2, 0.25) is 0 Å². The highest BCUT2D eigenvalue weighted by Crippen LogP contribution is 2.31. The molecular formula is C20H23F3N4O3. The van der Waals surface area contributed by atoms with Gasteiger partial charge in [-0.05, 0) is 38.1 Å². The summed E-state index contributed by atoms with van der Waals surface area (Å²) < 4.78 is 44.7. The van der Waals surface area contributed by atoms with Gasteiger partial charge >= 0.3 is 6.18 Å². The first-order valence-electron chi connectivity index (χ1n) is 8.96. The van der Waals surface area contributed by atoms with Crippen LogP contribution in [0.4, 0.5) is 13.2 Å². The van der Waals surface area contributed by atoms with Crippen molar-refractivity contribution in [3.05, 3.63) is 64.8 Å². The van der Waals surface area contributed by atoms with Crippen LogP contribution in [0.25, 0.3) is 0 Å². The van der Waals surface area contributed by atoms with Gasteiger partial charge in [0.2, 0.25) is 0 Å². The molecule has 162 valence electrons. The summed E-state index contributed by atoms with van der Waals surface area (Å²) >= 11 is 0. The summed E-state index contributed by atoms with van der Waals surface area (Å²) in [6.07, 6.45) is 0.642. The molecule has 1 aliphatic rings. The summed E-state index contributed by atoms with van der Waals surface area (Å²) in [5, 5.41) is 22.8. The van der Waals surface area contributed by atoms with Gasteiger partial charge in [0.1, 0.15) is 18.1 Å². The van der Waals surface area contributed by atoms with Gasteiger partial charge in [-0.15, -0.1) is 0 Å². The highest BCUT2D eigenvalue weighted by Gasteiger charge is 2.35. The van der Waals surface area contributed by atoms with Crippen molar-refractivity contribution >= 4 is 11.6 Å². The summed E-state index contributed by atoms with van der Waals surface area (Å²) in [6.45, 7) is 2.58. The Kier molecular flexibility index (Phi) is 7.04. The summed E-state index contributed by atoms with van der Waals surface area (Å²) in [7, 11) is 1.50. The third-order valence-electron chi connectivity index (χ3n) is 4.14. The molecule has 0 atom stereocenters. The number of carbonyl (C=O) groups excluding carboxylic acids is 1. The van der Waals surface area contributed by atoms with Crippen molar-refractivity contribution in [1.82, 2.24) is 15.6 Å². The van der Waals surface area contributed by atoms with Crippen LogP contribution in [0.15, 0.2) is 53.6 Å². The lowest BCUT2D eigenvalue weighted by Gasteiger charge is -2.25. The van der Waals surface area contributed by atoms with Gasteiger partial charge in [-0.25, -0.2) is 0 Å². The monoisotopic (exact) mass is 424 g/mol. The van der Waals surface area contributed by atoms with E-state index in [4.69, 9.17) is 10.1 Å². The molecule has 1 aromatic rings. The maximum absolute atomic E-state index is 13.1. The highest BCUT2D eigenvalue weighted by atomic mass is 19.4. The summed E-state index contributed by atoms with van der Waals surface area (Å²) in [5.74, 6) is -0.367. The number of nitrogens with one attached hydrogen (secondary N) is 3. The van der Waals surface area contributed by atoms with Gasteiger partial charge < -0.3 is 25.9 Å². The molecule has 10 heteroatoms. The molecule has 0 aliphatic heterocycles. The standard InChI is InChI=1S/C20H23F3N4O3/c1-19(2,11-28)27-18(29)16(25-3)14-9-13(6-7-15(14)24)30-10-12-5-4-8-26-17(12)20(21,22)23/h4-9,24-25,28H,10-11H2,1-3H3,(H,27,29)/b16-14-,24-15?. The van der Waals surface area contributed by atoms with Crippen LogP contribution >= 0.6 is 0 Å². The number of likely N-dealkylation sites (N-methyl/N-ethyl adjacent to an activating group) is 1. The number of aromatic nitrogens is 1. The van der Waals surface area contributed by atoms with Crippen LogP contribution in [0.5, 0.6) is 0 Å². The number of hydrogen-bond acceptors (Lipinski definition) is 6. The smallest absolute Gasteiger partial charge is 0.433 e. The first kappa shape index (κ1) is 23.1. The molecule has 0 bridgehead atoms. The van der Waals surface area contributed by atoms with E-state index in [9.17, 15) is 23.1 Å². The maximum atomic E-state index is 13.1. The second-order valence-electron chi connectivity index (χ2n) is 7.13. The number of aliphatic hydroxyl groups excluding tert-OH is 1. The van der Waals surface area contributed by atoms with E-state index in [2.05, 4.69) is 15.6 Å². The van der Waals surface area contributed by atoms with E-state index in [0.717, 1.165) is 6.20 Å². The molecule has 7 nitrogen and oxygen atoms in total. The van der Waals surface area contributed by atoms with E-state index >= 15 is 0 Å². The third-order valence-corrected chi connectivity index (χ3v) is 4.14. The average molecular weight is 424 g/mol. The molecule has 1 heterocycles. The lowest BCUT2D eigenvalue weighted by atomic mass is 10.0. The second kappa shape index (κ2) is 9.12. The molecule has 0 unspecified atom stereocenters. The second-order valence-corrected chi connectivity index (χ2v) is 7.13. The summed E-state index contributed by atoms with van der Waals surface area (Å²) in [5.41, 5.74) is -1.78. The molecule has 4 N–H and O–H groups in total. The van der Waals surface area contributed by atoms with Crippen molar-refractivity contribution in [3.63, 3.8) is 0 Å². The largest absolute Gasteiger partial charge is 0.489 e. The molecule has 1 aromatic heterocycles. The van der Waals surface area contributed by atoms with E-state index in [1.54, 1.807) is 13.8 Å². The van der Waals surface area contributed by atoms with Crippen molar-refractivity contribution in [3.8, 4) is 0 Å². The van der Waals surface area contributed by atoms with E-state index in [-0.39, 0.29) is 34.9 Å². The molecule has 0 saturated heterocycles. The van der Waals surface area contributed by atoms with Crippen LogP contribution in [0.1, 0.15) is 25.1 Å². The van der Waals surface area contributed by atoms with Gasteiger partial charge in [0.05, 0.1) is 17.9 Å². The molecular weight excluding hydrogens is 401 g/mol. The predicted molar refractivity (Wildman–Crippen MR) is 104 cm³/mol. The number of halogens is 3. The molecule has 0 aromatic carbocycles. The number of allylic oxidation sites excluding steroid dienone is 4. The van der Waals surface area contributed by atoms with Crippen molar-refractivity contribution < 1.29 is 27.8 Å². The Morgan fingerprint density at radius 3 is 2.60 bits per heavy atom. The van der Waals surface area contributed by atoms with Crippen LogP contribution in [-0.4, -0.2) is 40.9 Å². The van der Waals surface area contributed by atoms with Crippen molar-refractivity contribution in [2.45, 2.75) is 32.2 Å². The number of carbonyl (C=O) groups is 1. The van der Waals surface area contributed by atoms with Gasteiger partial charge in [0, 0.05) is 24.4 Å². The number of ether oxygens (including phenoxy) is 1. The van der Waals surface area contributed by atoms with Crippen LogP contribution in [0, 0.1) is 5.41 Å². The first-order chi connectivity index (χ1) is 14.0. The molecule has 30 heavy (non-hydrogen) atoms. The van der Waals surface area contributed by atoms with E-state index in [1.807, 2.05) is 0 Å². The zero-order valence-corrected chi connectivity index (χ0v) is 16.7. The van der Waals surface area contributed by atoms with Crippen LogP contribution in [-0.2, 0) is 22.3 Å². The topological polar surface area (TPSA) is 107 Å². The number of aliphatic hydroxyl groups is 1. The molecule has 1 amide bonds. The molecule has 0 saturated carbocycles. The minimum atomic E-state index is -4.61. The Hall–Kier alpha value is -3.14. The molecule has 0 spiro atoms. The Balaban J connectivity index is 2.28. The van der Waals surface area contributed by atoms with E-state index in [0.29, 0.717) is 0 Å². The SMILES string of the molecule is CN/C(C(=O)NC(C)(C)CO)=C1/C=C(OCc2cccnc2C(F)(F)F)C=CC1=N. The molecule has 0 radical (unpaired) electrons. The fourth-order valence-electron chi connectivity index (χ4n) is 2.57. The maximum Gasteiger partial charge on any atom is 0.433 e. The van der Waals surface area contributed by atoms with Crippen LogP contribution in [0.3, 0.4) is 0 Å². The number of pyridine rings is 1. The van der Waals surface area contributed by atoms with Crippen molar-refractivity contribution in [2.75, 3.05) is 13.7 Å². The van der Waals surface area contributed by atoms with E-state index < -0.39 is 29.9 Å². The lowest BCUT2D eigenvalue weighted by Crippen LogP contribution is -2.48. The van der Waals surface area contributed by atoms with Crippen molar-refractivity contribution in [1.29, 1.82) is 5.41 Å². The molecule has 0 fully saturated rings. The Morgan fingerprint density at radius 2 is 2.00 bits per heavy atom. The van der Waals surface area contributed by atoms with Gasteiger partial charge in [-0.2, -0.15) is 13.2 Å². The van der Waals surface area contributed by atoms with E-state index in [1.165, 1.54) is 37.4 Å². The number of nitrogens with zero attached hydrogens (tertiary/aromatic N) is 1. The Morgan fingerprint density at radius 1 is 1.30 bits per heavy atom. The van der Waals surface area contributed by atoms with Gasteiger partial charge in [-0.1, -0.05) is 6.07 Å². The fourth-order valence-corrected chi connectivity index (χ4v) is 2.57. The van der Waals surface area contributed by atoms with Crippen molar-refractivity contribution in [2.24, 2.45) is 0 Å². The molecule has 1 aliphatic carbocycles. The Labute approximate surface area is 171 Å². The fraction of sp³-hybridized carbons (Fsp3) is 0.350.